The lowest BCUT2D eigenvalue weighted by Crippen LogP contribution is -1.94. The average Bonchev–Trinajstić information content (AvgIpc) is 3.10. The lowest BCUT2D eigenvalue weighted by Gasteiger charge is -2.02. The fourth-order valence-corrected chi connectivity index (χ4v) is 1.48. The molecule has 1 fully saturated rings. The van der Waals surface area contributed by atoms with Crippen LogP contribution in [0.5, 0.6) is 5.75 Å². The quantitative estimate of drug-likeness (QED) is 0.702. The second-order valence-electron chi connectivity index (χ2n) is 3.75. The van der Waals surface area contributed by atoms with E-state index in [2.05, 4.69) is 0 Å². The Balaban J connectivity index is 2.11. The molecule has 0 heterocycles. The Morgan fingerprint density at radius 2 is 2.13 bits per heavy atom. The second kappa shape index (κ2) is 4.30. The summed E-state index contributed by atoms with van der Waals surface area (Å²) in [5.74, 6) is 1.33. The Kier molecular flexibility index (Phi) is 2.86. The molecule has 1 aliphatic carbocycles. The second-order valence-corrected chi connectivity index (χ2v) is 3.75. The van der Waals surface area contributed by atoms with Crippen molar-refractivity contribution in [2.24, 2.45) is 5.92 Å². The topological polar surface area (TPSA) is 26.3 Å². The van der Waals surface area contributed by atoms with E-state index >= 15 is 0 Å². The van der Waals surface area contributed by atoms with Crippen molar-refractivity contribution in [3.05, 3.63) is 35.9 Å². The molecule has 0 atom stereocenters. The molecule has 0 N–H and O–H groups in total. The molecular weight excluding hydrogens is 188 g/mol. The third-order valence-corrected chi connectivity index (χ3v) is 2.55. The molecule has 15 heavy (non-hydrogen) atoms. The number of benzene rings is 1. The normalized spacial score (nSPS) is 15.5. The summed E-state index contributed by atoms with van der Waals surface area (Å²) in [6.07, 6.45) is 5.60. The van der Waals surface area contributed by atoms with E-state index in [1.54, 1.807) is 13.2 Å². The van der Waals surface area contributed by atoms with E-state index in [1.807, 2.05) is 30.3 Å². The van der Waals surface area contributed by atoms with Gasteiger partial charge in [-0.3, -0.25) is 4.79 Å². The van der Waals surface area contributed by atoms with Crippen molar-refractivity contribution in [2.75, 3.05) is 7.11 Å². The minimum absolute atomic E-state index is 0.237. The van der Waals surface area contributed by atoms with Gasteiger partial charge in [-0.05, 0) is 31.1 Å². The molecule has 2 nitrogen and oxygen atoms in total. The molecular formula is C13H14O2. The van der Waals surface area contributed by atoms with Gasteiger partial charge in [0.05, 0.1) is 7.11 Å². The molecule has 2 rings (SSSR count). The number of ether oxygens (including phenoxy) is 1. The van der Waals surface area contributed by atoms with Gasteiger partial charge in [-0.1, -0.05) is 18.2 Å². The van der Waals surface area contributed by atoms with Gasteiger partial charge in [-0.15, -0.1) is 0 Å². The van der Waals surface area contributed by atoms with Crippen LogP contribution < -0.4 is 4.74 Å². The van der Waals surface area contributed by atoms with Gasteiger partial charge in [0.25, 0.3) is 0 Å². The molecule has 0 spiro atoms. The van der Waals surface area contributed by atoms with Crippen molar-refractivity contribution >= 4 is 11.9 Å². The van der Waals surface area contributed by atoms with Gasteiger partial charge in [0.2, 0.25) is 0 Å². The summed E-state index contributed by atoms with van der Waals surface area (Å²) in [4.78, 5) is 11.5. The van der Waals surface area contributed by atoms with E-state index in [9.17, 15) is 4.79 Å². The molecule has 0 bridgehead atoms. The summed E-state index contributed by atoms with van der Waals surface area (Å²) in [7, 11) is 1.63. The molecule has 2 heteroatoms. The van der Waals surface area contributed by atoms with Crippen LogP contribution in [0.15, 0.2) is 30.3 Å². The molecule has 1 aromatic rings. The maximum Gasteiger partial charge on any atom is 0.158 e. The van der Waals surface area contributed by atoms with Crippen LogP contribution in [0.1, 0.15) is 18.4 Å². The molecule has 0 amide bonds. The van der Waals surface area contributed by atoms with Crippen molar-refractivity contribution in [1.82, 2.24) is 0 Å². The van der Waals surface area contributed by atoms with E-state index in [1.165, 1.54) is 0 Å². The fraction of sp³-hybridized carbons (Fsp3) is 0.308. The van der Waals surface area contributed by atoms with Crippen LogP contribution in [0, 0.1) is 5.92 Å². The van der Waals surface area contributed by atoms with Crippen LogP contribution in [-0.4, -0.2) is 12.9 Å². The first-order chi connectivity index (χ1) is 7.31. The van der Waals surface area contributed by atoms with Crippen LogP contribution in [0.2, 0.25) is 0 Å². The highest BCUT2D eigenvalue weighted by Gasteiger charge is 2.27. The number of allylic oxidation sites excluding steroid dienone is 1. The number of para-hydroxylation sites is 1. The number of carbonyl (C=O) groups is 1. The lowest BCUT2D eigenvalue weighted by molar-refractivity contribution is -0.115. The smallest absolute Gasteiger partial charge is 0.158 e. The molecule has 0 radical (unpaired) electrons. The van der Waals surface area contributed by atoms with Gasteiger partial charge < -0.3 is 4.74 Å². The highest BCUT2D eigenvalue weighted by Crippen LogP contribution is 2.30. The van der Waals surface area contributed by atoms with Crippen molar-refractivity contribution in [1.29, 1.82) is 0 Å². The molecule has 0 aromatic heterocycles. The Hall–Kier alpha value is -1.57. The number of hydrogen-bond donors (Lipinski definition) is 0. The maximum absolute atomic E-state index is 11.5. The fourth-order valence-electron chi connectivity index (χ4n) is 1.48. The summed E-state index contributed by atoms with van der Waals surface area (Å²) in [6.45, 7) is 0. The van der Waals surface area contributed by atoms with E-state index in [0.717, 1.165) is 24.2 Å². The van der Waals surface area contributed by atoms with Gasteiger partial charge in [-0.25, -0.2) is 0 Å². The zero-order valence-electron chi connectivity index (χ0n) is 8.77. The molecule has 0 aliphatic heterocycles. The first-order valence-corrected chi connectivity index (χ1v) is 5.16. The predicted molar refractivity (Wildman–Crippen MR) is 59.8 cm³/mol. The predicted octanol–water partition coefficient (Wildman–Crippen LogP) is 2.69. The van der Waals surface area contributed by atoms with E-state index in [-0.39, 0.29) is 11.7 Å². The Bertz CT molecular complexity index is 389. The van der Waals surface area contributed by atoms with E-state index < -0.39 is 0 Å². The zero-order valence-corrected chi connectivity index (χ0v) is 8.77. The molecule has 78 valence electrons. The monoisotopic (exact) mass is 202 g/mol. The van der Waals surface area contributed by atoms with Gasteiger partial charge in [0.1, 0.15) is 5.75 Å². The lowest BCUT2D eigenvalue weighted by atomic mass is 10.1. The Morgan fingerprint density at radius 1 is 1.40 bits per heavy atom. The van der Waals surface area contributed by atoms with Gasteiger partial charge in [0.15, 0.2) is 5.78 Å². The van der Waals surface area contributed by atoms with Gasteiger partial charge in [0, 0.05) is 11.5 Å². The molecule has 0 saturated heterocycles. The molecule has 1 aromatic carbocycles. The number of carbonyl (C=O) groups excluding carboxylic acids is 1. The largest absolute Gasteiger partial charge is 0.496 e. The summed E-state index contributed by atoms with van der Waals surface area (Å²) >= 11 is 0. The van der Waals surface area contributed by atoms with Crippen LogP contribution >= 0.6 is 0 Å². The van der Waals surface area contributed by atoms with Crippen molar-refractivity contribution in [2.45, 2.75) is 12.8 Å². The van der Waals surface area contributed by atoms with Crippen LogP contribution in [0.3, 0.4) is 0 Å². The summed E-state index contributed by atoms with van der Waals surface area (Å²) in [6, 6.07) is 7.68. The molecule has 0 unspecified atom stereocenters. The SMILES string of the molecule is COc1ccccc1/C=C/C(=O)C1CC1. The zero-order chi connectivity index (χ0) is 10.7. The summed E-state index contributed by atoms with van der Waals surface area (Å²) in [5, 5.41) is 0. The van der Waals surface area contributed by atoms with E-state index in [4.69, 9.17) is 4.74 Å². The summed E-state index contributed by atoms with van der Waals surface area (Å²) < 4.78 is 5.19. The van der Waals surface area contributed by atoms with Gasteiger partial charge >= 0.3 is 0 Å². The number of rotatable bonds is 4. The average molecular weight is 202 g/mol. The van der Waals surface area contributed by atoms with Gasteiger partial charge in [-0.2, -0.15) is 0 Å². The standard InChI is InChI=1S/C13H14O2/c1-15-13-5-3-2-4-11(13)8-9-12(14)10-6-7-10/h2-5,8-10H,6-7H2,1H3/b9-8+. The Morgan fingerprint density at radius 3 is 2.80 bits per heavy atom. The minimum atomic E-state index is 0.237. The van der Waals surface area contributed by atoms with E-state index in [0.29, 0.717) is 0 Å². The van der Waals surface area contributed by atoms with Crippen LogP contribution in [0.4, 0.5) is 0 Å². The first-order valence-electron chi connectivity index (χ1n) is 5.16. The number of hydrogen-bond acceptors (Lipinski definition) is 2. The number of methoxy groups -OCH3 is 1. The third-order valence-electron chi connectivity index (χ3n) is 2.55. The highest BCUT2D eigenvalue weighted by molar-refractivity contribution is 5.97. The van der Waals surface area contributed by atoms with Crippen molar-refractivity contribution < 1.29 is 9.53 Å². The third kappa shape index (κ3) is 2.46. The van der Waals surface area contributed by atoms with Crippen LogP contribution in [-0.2, 0) is 4.79 Å². The highest BCUT2D eigenvalue weighted by atomic mass is 16.5. The maximum atomic E-state index is 11.5. The minimum Gasteiger partial charge on any atom is -0.496 e. The molecule has 1 saturated carbocycles. The number of ketones is 1. The first kappa shape index (κ1) is 9.97. The summed E-state index contributed by atoms with van der Waals surface area (Å²) in [5.41, 5.74) is 0.953. The van der Waals surface area contributed by atoms with Crippen molar-refractivity contribution in [3.63, 3.8) is 0 Å². The van der Waals surface area contributed by atoms with Crippen molar-refractivity contribution in [3.8, 4) is 5.75 Å². The molecule has 1 aliphatic rings. The van der Waals surface area contributed by atoms with Crippen LogP contribution in [0.25, 0.3) is 6.08 Å². The Labute approximate surface area is 89.6 Å².